The zero-order valence-corrected chi connectivity index (χ0v) is 16.8. The van der Waals surface area contributed by atoms with Crippen LogP contribution in [0, 0.1) is 6.92 Å². The molecule has 0 saturated carbocycles. The minimum absolute atomic E-state index is 0.0235. The van der Waals surface area contributed by atoms with Crippen LogP contribution in [0.1, 0.15) is 37.9 Å². The maximum atomic E-state index is 13.6. The lowest BCUT2D eigenvalue weighted by Crippen LogP contribution is -2.40. The second-order valence-electron chi connectivity index (χ2n) is 7.32. The molecule has 1 aliphatic heterocycles. The van der Waals surface area contributed by atoms with Crippen molar-refractivity contribution >= 4 is 29.0 Å². The van der Waals surface area contributed by atoms with E-state index >= 15 is 0 Å². The predicted octanol–water partition coefficient (Wildman–Crippen LogP) is 5.58. The van der Waals surface area contributed by atoms with Crippen LogP contribution in [0.15, 0.2) is 89.5 Å². The molecular weight excluding hydrogens is 378 g/mol. The minimum atomic E-state index is -0.0797. The summed E-state index contributed by atoms with van der Waals surface area (Å²) in [6, 6.07) is 25.4. The first-order chi connectivity index (χ1) is 14.1. The highest BCUT2D eigenvalue weighted by Crippen LogP contribution is 2.46. The number of hydrogen-bond acceptors (Lipinski definition) is 4. The average molecular weight is 397 g/mol. The lowest BCUT2D eigenvalue weighted by atomic mass is 9.90. The van der Waals surface area contributed by atoms with E-state index in [4.69, 9.17) is 0 Å². The van der Waals surface area contributed by atoms with Gasteiger partial charge in [0.1, 0.15) is 5.70 Å². The third-order valence-corrected chi connectivity index (χ3v) is 6.64. The fourth-order valence-electron chi connectivity index (χ4n) is 4.02. The van der Waals surface area contributed by atoms with Crippen molar-refractivity contribution in [2.24, 2.45) is 0 Å². The molecule has 29 heavy (non-hydrogen) atoms. The number of rotatable bonds is 2. The Hall–Kier alpha value is -3.11. The van der Waals surface area contributed by atoms with E-state index in [1.807, 2.05) is 61.5 Å². The van der Waals surface area contributed by atoms with Crippen LogP contribution in [0.2, 0.25) is 0 Å². The molecule has 3 aromatic carbocycles. The smallest absolute Gasteiger partial charge is 0.211 e. The molecule has 0 aromatic heterocycles. The van der Waals surface area contributed by atoms with Crippen LogP contribution in [0.4, 0.5) is 5.69 Å². The average Bonchev–Trinajstić information content (AvgIpc) is 2.78. The van der Waals surface area contributed by atoms with Crippen molar-refractivity contribution in [2.75, 3.05) is 10.7 Å². The zero-order chi connectivity index (χ0) is 20.0. The highest BCUT2D eigenvalue weighted by molar-refractivity contribution is 8.04. The summed E-state index contributed by atoms with van der Waals surface area (Å²) in [5.41, 5.74) is 4.71. The number of nitrogens with zero attached hydrogens (tertiary/aromatic N) is 1. The zero-order valence-electron chi connectivity index (χ0n) is 16.0. The number of carbonyl (C=O) groups excluding carboxylic acids is 2. The number of benzene rings is 3. The van der Waals surface area contributed by atoms with Gasteiger partial charge in [-0.1, -0.05) is 72.3 Å². The van der Waals surface area contributed by atoms with E-state index in [2.05, 4.69) is 17.0 Å². The minimum Gasteiger partial charge on any atom is -0.329 e. The summed E-state index contributed by atoms with van der Waals surface area (Å²) >= 11 is 1.49. The van der Waals surface area contributed by atoms with E-state index in [0.29, 0.717) is 27.5 Å². The Morgan fingerprint density at radius 1 is 0.793 bits per heavy atom. The number of allylic oxidation sites excluding steroid dienone is 2. The molecule has 5 rings (SSSR count). The van der Waals surface area contributed by atoms with Gasteiger partial charge in [0, 0.05) is 22.6 Å². The monoisotopic (exact) mass is 397 g/mol. The largest absolute Gasteiger partial charge is 0.329 e. The number of carbonyl (C=O) groups is 2. The van der Waals surface area contributed by atoms with E-state index in [1.54, 1.807) is 12.1 Å². The van der Waals surface area contributed by atoms with Gasteiger partial charge < -0.3 is 4.90 Å². The molecule has 142 valence electrons. The third kappa shape index (κ3) is 2.91. The molecule has 2 aliphatic rings. The van der Waals surface area contributed by atoms with Gasteiger partial charge in [0.2, 0.25) is 11.6 Å². The van der Waals surface area contributed by atoms with Crippen LogP contribution in [-0.2, 0) is 0 Å². The molecule has 0 amide bonds. The number of aryl methyl sites for hydroxylation is 1. The van der Waals surface area contributed by atoms with Crippen LogP contribution >= 0.6 is 11.8 Å². The van der Waals surface area contributed by atoms with Crippen molar-refractivity contribution in [1.82, 2.24) is 0 Å². The summed E-state index contributed by atoms with van der Waals surface area (Å²) in [5.74, 6) is 0.575. The van der Waals surface area contributed by atoms with Gasteiger partial charge >= 0.3 is 0 Å². The van der Waals surface area contributed by atoms with Crippen molar-refractivity contribution in [3.05, 3.63) is 112 Å². The van der Waals surface area contributed by atoms with E-state index in [-0.39, 0.29) is 17.6 Å². The molecule has 3 nitrogen and oxygen atoms in total. The molecule has 0 bridgehead atoms. The summed E-state index contributed by atoms with van der Waals surface area (Å²) in [5, 5.41) is 0. The molecule has 0 spiro atoms. The standard InChI is InChI=1S/C25H19NO2S/c1-16-11-13-18(14-12-16)26-21(17-7-3-2-4-8-17)15-29-25-22(26)23(27)19-9-5-6-10-20(19)24(25)28/h2-14,21H,15H2,1H3. The van der Waals surface area contributed by atoms with Gasteiger partial charge in [-0.3, -0.25) is 9.59 Å². The third-order valence-electron chi connectivity index (χ3n) is 5.49. The lowest BCUT2D eigenvalue weighted by molar-refractivity contribution is 0.0977. The van der Waals surface area contributed by atoms with Crippen LogP contribution in [0.25, 0.3) is 0 Å². The van der Waals surface area contributed by atoms with Gasteiger partial charge in [0.25, 0.3) is 0 Å². The maximum Gasteiger partial charge on any atom is 0.211 e. The Morgan fingerprint density at radius 3 is 2.10 bits per heavy atom. The van der Waals surface area contributed by atoms with E-state index in [9.17, 15) is 9.59 Å². The van der Waals surface area contributed by atoms with E-state index in [1.165, 1.54) is 11.8 Å². The van der Waals surface area contributed by atoms with Gasteiger partial charge in [-0.05, 0) is 24.6 Å². The number of hydrogen-bond donors (Lipinski definition) is 0. The van der Waals surface area contributed by atoms with Gasteiger partial charge in [0.05, 0.1) is 10.9 Å². The van der Waals surface area contributed by atoms with Crippen molar-refractivity contribution in [1.29, 1.82) is 0 Å². The predicted molar refractivity (Wildman–Crippen MR) is 117 cm³/mol. The van der Waals surface area contributed by atoms with Crippen LogP contribution in [0.5, 0.6) is 0 Å². The first-order valence-corrected chi connectivity index (χ1v) is 10.6. The molecule has 0 saturated heterocycles. The molecule has 1 heterocycles. The molecule has 1 unspecified atom stereocenters. The van der Waals surface area contributed by atoms with Gasteiger partial charge in [-0.25, -0.2) is 0 Å². The molecule has 1 atom stereocenters. The molecule has 0 fully saturated rings. The molecule has 3 aromatic rings. The fraction of sp³-hybridized carbons (Fsp3) is 0.120. The number of ketones is 2. The highest BCUT2D eigenvalue weighted by Gasteiger charge is 2.41. The summed E-state index contributed by atoms with van der Waals surface area (Å²) in [6.45, 7) is 2.04. The summed E-state index contributed by atoms with van der Waals surface area (Å²) in [4.78, 5) is 29.4. The SMILES string of the molecule is Cc1ccc(N2C3=C(SCC2c2ccccc2)C(=O)c2ccccc2C3=O)cc1. The van der Waals surface area contributed by atoms with E-state index in [0.717, 1.165) is 16.8 Å². The summed E-state index contributed by atoms with van der Waals surface area (Å²) in [7, 11) is 0. The molecule has 4 heteroatoms. The summed E-state index contributed by atoms with van der Waals surface area (Å²) in [6.07, 6.45) is 0. The van der Waals surface area contributed by atoms with Crippen LogP contribution < -0.4 is 4.90 Å². The second kappa shape index (κ2) is 7.05. The Balaban J connectivity index is 1.72. The Kier molecular flexibility index (Phi) is 4.36. The normalized spacial score (nSPS) is 18.5. The lowest BCUT2D eigenvalue weighted by Gasteiger charge is -2.41. The summed E-state index contributed by atoms with van der Waals surface area (Å²) < 4.78 is 0. The second-order valence-corrected chi connectivity index (χ2v) is 8.35. The van der Waals surface area contributed by atoms with E-state index < -0.39 is 0 Å². The van der Waals surface area contributed by atoms with Crippen LogP contribution in [-0.4, -0.2) is 17.3 Å². The number of Topliss-reactive ketones (excluding diaryl/α,β-unsaturated/α-hetero) is 2. The Labute approximate surface area is 174 Å². The highest BCUT2D eigenvalue weighted by atomic mass is 32.2. The van der Waals surface area contributed by atoms with Crippen molar-refractivity contribution in [3.8, 4) is 0 Å². The molecule has 0 radical (unpaired) electrons. The molecule has 1 aliphatic carbocycles. The number of anilines is 1. The Bertz CT molecular complexity index is 1150. The number of thioether (sulfide) groups is 1. The van der Waals surface area contributed by atoms with Crippen molar-refractivity contribution in [2.45, 2.75) is 13.0 Å². The van der Waals surface area contributed by atoms with Gasteiger partial charge in [0.15, 0.2) is 0 Å². The number of fused-ring (bicyclic) bond motifs is 1. The van der Waals surface area contributed by atoms with Crippen molar-refractivity contribution in [3.63, 3.8) is 0 Å². The van der Waals surface area contributed by atoms with Crippen LogP contribution in [0.3, 0.4) is 0 Å². The first-order valence-electron chi connectivity index (χ1n) is 9.61. The topological polar surface area (TPSA) is 37.4 Å². The quantitative estimate of drug-likeness (QED) is 0.566. The van der Waals surface area contributed by atoms with Gasteiger partial charge in [-0.2, -0.15) is 0 Å². The first kappa shape index (κ1) is 18.0. The molecule has 0 N–H and O–H groups in total. The fourth-order valence-corrected chi connectivity index (χ4v) is 5.25. The molecular formula is C25H19NO2S. The van der Waals surface area contributed by atoms with Crippen molar-refractivity contribution < 1.29 is 9.59 Å². The van der Waals surface area contributed by atoms with Gasteiger partial charge in [-0.15, -0.1) is 11.8 Å². The Morgan fingerprint density at radius 2 is 1.41 bits per heavy atom. The maximum absolute atomic E-state index is 13.6.